The second-order valence-electron chi connectivity index (χ2n) is 7.71. The predicted molar refractivity (Wildman–Crippen MR) is 108 cm³/mol. The maximum atomic E-state index is 12.4. The Morgan fingerprint density at radius 3 is 2.93 bits per heavy atom. The molecule has 2 fully saturated rings. The molecule has 0 radical (unpaired) electrons. The lowest BCUT2D eigenvalue weighted by Gasteiger charge is -2.49. The van der Waals surface area contributed by atoms with Gasteiger partial charge in [-0.25, -0.2) is 4.31 Å². The van der Waals surface area contributed by atoms with E-state index in [1.54, 1.807) is 28.8 Å². The number of nitrogens with one attached hydrogen (secondary N) is 1. The smallest absolute Gasteiger partial charge is 0.273 e. The first kappa shape index (κ1) is 19.4. The highest BCUT2D eigenvalue weighted by Gasteiger charge is 2.35. The molecule has 9 heteroatoms. The van der Waals surface area contributed by atoms with Gasteiger partial charge in [0.2, 0.25) is 0 Å². The summed E-state index contributed by atoms with van der Waals surface area (Å²) in [5.41, 5.74) is 1.11. The van der Waals surface area contributed by atoms with Crippen LogP contribution >= 0.6 is 10.8 Å². The number of piperidine rings is 1. The summed E-state index contributed by atoms with van der Waals surface area (Å²) >= 11 is 0. The van der Waals surface area contributed by atoms with E-state index in [0.29, 0.717) is 31.0 Å². The van der Waals surface area contributed by atoms with Gasteiger partial charge in [-0.1, -0.05) is 11.2 Å². The first-order valence-electron chi connectivity index (χ1n) is 9.61. The van der Waals surface area contributed by atoms with Crippen molar-refractivity contribution in [1.29, 1.82) is 0 Å². The summed E-state index contributed by atoms with van der Waals surface area (Å²) in [6.45, 7) is 2.46. The van der Waals surface area contributed by atoms with Crippen molar-refractivity contribution in [1.82, 2.24) is 19.8 Å². The summed E-state index contributed by atoms with van der Waals surface area (Å²) in [4.78, 5) is 16.5. The Hall–Kier alpha value is -1.94. The van der Waals surface area contributed by atoms with Crippen LogP contribution in [0.5, 0.6) is 0 Å². The van der Waals surface area contributed by atoms with Gasteiger partial charge in [-0.15, -0.1) is 10.8 Å². The third-order valence-corrected chi connectivity index (χ3v) is 7.36. The average Bonchev–Trinajstić information content (AvgIpc) is 3.38. The zero-order valence-electron chi connectivity index (χ0n) is 15.8. The number of hydrogen-bond acceptors (Lipinski definition) is 7. The monoisotopic (exact) mass is 408 g/mol. The fraction of sp³-hybridized carbons (Fsp3) is 0.526. The Morgan fingerprint density at radius 2 is 2.25 bits per heavy atom. The third-order valence-electron chi connectivity index (χ3n) is 5.35. The SMILES string of the molecule is C[C@@H]1C[C@@H](NC(=O)c2cc(C3CC3)on2)CCN1S(O)(O)Cc1cccnc1.[HH]. The molecule has 2 atom stereocenters. The Labute approximate surface area is 167 Å². The summed E-state index contributed by atoms with van der Waals surface area (Å²) in [6.07, 6.45) is 6.79. The normalized spacial score (nSPS) is 24.1. The van der Waals surface area contributed by atoms with Crippen LogP contribution in [0.1, 0.15) is 61.8 Å². The number of hydrogen-bond donors (Lipinski definition) is 3. The molecule has 2 aliphatic rings. The van der Waals surface area contributed by atoms with Gasteiger partial charge < -0.3 is 9.84 Å². The molecule has 1 saturated heterocycles. The molecule has 3 N–H and O–H groups in total. The van der Waals surface area contributed by atoms with Crippen molar-refractivity contribution in [2.45, 2.75) is 56.4 Å². The molecule has 3 heterocycles. The van der Waals surface area contributed by atoms with E-state index in [2.05, 4.69) is 15.5 Å². The van der Waals surface area contributed by atoms with Gasteiger partial charge in [0.15, 0.2) is 5.69 Å². The lowest BCUT2D eigenvalue weighted by molar-refractivity contribution is 0.0903. The molecule has 1 amide bonds. The quantitative estimate of drug-likeness (QED) is 0.669. The molecule has 0 unspecified atom stereocenters. The van der Waals surface area contributed by atoms with Gasteiger partial charge >= 0.3 is 0 Å². The molecule has 2 aromatic rings. The second-order valence-corrected chi connectivity index (χ2v) is 9.73. The number of pyridine rings is 1. The van der Waals surface area contributed by atoms with E-state index in [9.17, 15) is 13.9 Å². The lowest BCUT2D eigenvalue weighted by atomic mass is 10.0. The van der Waals surface area contributed by atoms with Gasteiger partial charge in [0.1, 0.15) is 5.76 Å². The van der Waals surface area contributed by atoms with Crippen LogP contribution in [-0.4, -0.2) is 48.1 Å². The maximum absolute atomic E-state index is 12.4. The molecule has 1 saturated carbocycles. The van der Waals surface area contributed by atoms with Crippen LogP contribution < -0.4 is 5.32 Å². The van der Waals surface area contributed by atoms with Crippen molar-refractivity contribution < 1.29 is 19.8 Å². The number of amides is 1. The van der Waals surface area contributed by atoms with Crippen LogP contribution in [-0.2, 0) is 5.75 Å². The van der Waals surface area contributed by atoms with E-state index in [1.807, 2.05) is 13.0 Å². The number of carbonyl (C=O) groups excluding carboxylic acids is 1. The summed E-state index contributed by atoms with van der Waals surface area (Å²) in [5.74, 6) is 1.13. The van der Waals surface area contributed by atoms with E-state index >= 15 is 0 Å². The highest BCUT2D eigenvalue weighted by Crippen LogP contribution is 2.49. The standard InChI is InChI=1S/C19H26N4O4S.H2/c1-13-9-16(21-19(24)17-10-18(27-22-17)15-4-5-15)6-8-23(13)28(25,26)12-14-3-2-7-20-11-14;/h2-3,7,10-11,13,15-16,25-26H,4-6,8-9,12H2,1H3,(H,21,24);1H/t13-,16+;/m1./s1. The van der Waals surface area contributed by atoms with Crippen LogP contribution in [0, 0.1) is 0 Å². The van der Waals surface area contributed by atoms with Crippen molar-refractivity contribution >= 4 is 16.7 Å². The second kappa shape index (κ2) is 7.82. The Morgan fingerprint density at radius 1 is 1.43 bits per heavy atom. The van der Waals surface area contributed by atoms with Crippen LogP contribution in [0.25, 0.3) is 0 Å². The van der Waals surface area contributed by atoms with Crippen LogP contribution in [0.2, 0.25) is 0 Å². The van der Waals surface area contributed by atoms with E-state index in [4.69, 9.17) is 4.52 Å². The van der Waals surface area contributed by atoms with Gasteiger partial charge in [-0.3, -0.25) is 18.9 Å². The Balaban J connectivity index is 0.00000240. The van der Waals surface area contributed by atoms with Crippen molar-refractivity contribution in [3.05, 3.63) is 47.6 Å². The highest BCUT2D eigenvalue weighted by molar-refractivity contribution is 8.21. The first-order valence-corrected chi connectivity index (χ1v) is 11.3. The molecule has 0 aromatic carbocycles. The van der Waals surface area contributed by atoms with E-state index in [0.717, 1.165) is 24.2 Å². The molecule has 0 bridgehead atoms. The fourth-order valence-corrected chi connectivity index (χ4v) is 5.57. The van der Waals surface area contributed by atoms with Crippen molar-refractivity contribution in [2.24, 2.45) is 0 Å². The average molecular weight is 409 g/mol. The van der Waals surface area contributed by atoms with Crippen molar-refractivity contribution in [2.75, 3.05) is 6.54 Å². The van der Waals surface area contributed by atoms with Gasteiger partial charge in [0.05, 0.1) is 5.75 Å². The number of nitrogens with zero attached hydrogens (tertiary/aromatic N) is 3. The van der Waals surface area contributed by atoms with E-state index < -0.39 is 10.8 Å². The summed E-state index contributed by atoms with van der Waals surface area (Å²) in [6, 6.07) is 5.26. The predicted octanol–water partition coefficient (Wildman–Crippen LogP) is 3.64. The molecular weight excluding hydrogens is 380 g/mol. The minimum atomic E-state index is -2.94. The minimum absolute atomic E-state index is 0. The maximum Gasteiger partial charge on any atom is 0.273 e. The molecule has 0 spiro atoms. The van der Waals surface area contributed by atoms with Gasteiger partial charge in [0.25, 0.3) is 5.91 Å². The molecule has 8 nitrogen and oxygen atoms in total. The molecule has 4 rings (SSSR count). The van der Waals surface area contributed by atoms with Gasteiger partial charge in [-0.2, -0.15) is 0 Å². The fourth-order valence-electron chi connectivity index (χ4n) is 3.72. The number of aromatic nitrogens is 2. The third kappa shape index (κ3) is 4.38. The largest absolute Gasteiger partial charge is 0.360 e. The number of rotatable bonds is 6. The molecule has 154 valence electrons. The van der Waals surface area contributed by atoms with Crippen LogP contribution in [0.4, 0.5) is 0 Å². The Kier molecular flexibility index (Phi) is 5.42. The van der Waals surface area contributed by atoms with Crippen LogP contribution in [0.3, 0.4) is 0 Å². The van der Waals surface area contributed by atoms with Gasteiger partial charge in [-0.05, 0) is 44.2 Å². The zero-order valence-corrected chi connectivity index (χ0v) is 16.6. The number of carbonyl (C=O) groups is 1. The molecule has 1 aliphatic carbocycles. The topological polar surface area (TPSA) is 112 Å². The van der Waals surface area contributed by atoms with E-state index in [-0.39, 0.29) is 25.2 Å². The van der Waals surface area contributed by atoms with Gasteiger partial charge in [0, 0.05) is 44.4 Å². The summed E-state index contributed by atoms with van der Waals surface area (Å²) in [5, 5.41) is 6.89. The zero-order chi connectivity index (χ0) is 19.7. The molecule has 2 aromatic heterocycles. The molecule has 1 aliphatic heterocycles. The van der Waals surface area contributed by atoms with Crippen molar-refractivity contribution in [3.63, 3.8) is 0 Å². The lowest BCUT2D eigenvalue weighted by Crippen LogP contribution is -2.49. The van der Waals surface area contributed by atoms with Crippen LogP contribution in [0.15, 0.2) is 35.1 Å². The summed E-state index contributed by atoms with van der Waals surface area (Å²) < 4.78 is 28.4. The molecule has 28 heavy (non-hydrogen) atoms. The minimum Gasteiger partial charge on any atom is -0.360 e. The first-order chi connectivity index (χ1) is 13.4. The van der Waals surface area contributed by atoms with Crippen molar-refractivity contribution in [3.8, 4) is 0 Å². The summed E-state index contributed by atoms with van der Waals surface area (Å²) in [7, 11) is -2.94. The highest BCUT2D eigenvalue weighted by atomic mass is 32.3. The molecular formula is C19H28N4O4S. The Bertz CT molecular complexity index is 831. The van der Waals surface area contributed by atoms with E-state index in [1.165, 1.54) is 0 Å².